The minimum atomic E-state index is 0.197. The predicted octanol–water partition coefficient (Wildman–Crippen LogP) is 27.8. The van der Waals surface area contributed by atoms with Crippen molar-refractivity contribution < 1.29 is 0 Å². The quantitative estimate of drug-likeness (QED) is 0.144. The second kappa shape index (κ2) is 24.7. The lowest BCUT2D eigenvalue weighted by atomic mass is 9.87. The molecule has 0 saturated carbocycles. The summed E-state index contributed by atoms with van der Waals surface area (Å²) in [5.41, 5.74) is 36.0. The van der Waals surface area contributed by atoms with Gasteiger partial charge in [-0.15, -0.1) is 0 Å². The van der Waals surface area contributed by atoms with E-state index in [1.165, 1.54) is 204 Å². The molecule has 3 aliphatic carbocycles. The largest absolute Gasteiger partial charge is 0.309 e. The Labute approximate surface area is 637 Å². The fourth-order valence-electron chi connectivity index (χ4n) is 19.4. The van der Waals surface area contributed by atoms with E-state index in [-0.39, 0.29) is 17.8 Å². The van der Waals surface area contributed by atoms with Gasteiger partial charge in [0, 0.05) is 67.1 Å². The van der Waals surface area contributed by atoms with Crippen LogP contribution in [-0.4, -0.2) is 13.7 Å². The average molecular weight is 1400 g/mol. The van der Waals surface area contributed by atoms with Crippen molar-refractivity contribution in [1.29, 1.82) is 0 Å². The summed E-state index contributed by atoms with van der Waals surface area (Å²) >= 11 is 0. The molecule has 3 unspecified atom stereocenters. The van der Waals surface area contributed by atoms with Crippen molar-refractivity contribution in [3.05, 3.63) is 450 Å². The summed E-state index contributed by atoms with van der Waals surface area (Å²) < 4.78 is 7.33. The molecule has 3 atom stereocenters. The van der Waals surface area contributed by atoms with E-state index in [1.54, 1.807) is 0 Å². The summed E-state index contributed by atoms with van der Waals surface area (Å²) in [4.78, 5) is 0. The number of aromatic nitrogens is 3. The third-order valence-electron chi connectivity index (χ3n) is 24.3. The van der Waals surface area contributed by atoms with E-state index in [4.69, 9.17) is 0 Å². The summed E-state index contributed by atoms with van der Waals surface area (Å²) in [5.74, 6) is 0.609. The highest BCUT2D eigenvalue weighted by molar-refractivity contribution is 6.20. The highest BCUT2D eigenvalue weighted by Gasteiger charge is 2.35. The smallest absolute Gasteiger partial charge is 0.0548 e. The maximum Gasteiger partial charge on any atom is 0.0548 e. The topological polar surface area (TPSA) is 14.8 Å². The molecule has 0 amide bonds. The first-order valence-corrected chi connectivity index (χ1v) is 38.5. The molecule has 0 saturated heterocycles. The molecule has 24 rings (SSSR count). The first-order chi connectivity index (χ1) is 54.6. The first-order valence-electron chi connectivity index (χ1n) is 38.5. The third-order valence-corrected chi connectivity index (χ3v) is 24.3. The molecule has 0 bridgehead atoms. The SMILES string of the molecule is c1ccc(-n2c3ccccc3c3cc4c(cc32)c2cc(-c3ccc5c(c3)-c3ccccc3C5c3ccc5ccccc5c3)ccc2n4-c2ccccc2)cc1.c1ccc(C2c3ccccc3-c3cc4c5cc(-c6ccc7c(c6)-c6ccccc6C7c6ccc7ccccc7c6)ccc5n(-c5ccccc5)c4cc32)cc1. The number of para-hydroxylation sites is 4. The van der Waals surface area contributed by atoms with Gasteiger partial charge >= 0.3 is 0 Å². The van der Waals surface area contributed by atoms with E-state index in [2.05, 4.69) is 414 Å². The molecule has 3 aromatic heterocycles. The zero-order chi connectivity index (χ0) is 72.1. The highest BCUT2D eigenvalue weighted by Crippen LogP contribution is 2.54. The Morgan fingerprint density at radius 2 is 0.482 bits per heavy atom. The lowest BCUT2D eigenvalue weighted by Gasteiger charge is -2.16. The van der Waals surface area contributed by atoms with Crippen molar-refractivity contribution >= 4 is 87.0 Å². The first kappa shape index (κ1) is 62.1. The zero-order valence-corrected chi connectivity index (χ0v) is 60.2. The van der Waals surface area contributed by atoms with Gasteiger partial charge in [-0.2, -0.15) is 0 Å². The molecule has 0 spiro atoms. The molecule has 21 aromatic rings. The van der Waals surface area contributed by atoms with E-state index in [1.807, 2.05) is 0 Å². The Kier molecular flexibility index (Phi) is 14.0. The van der Waals surface area contributed by atoms with Crippen molar-refractivity contribution in [2.24, 2.45) is 0 Å². The zero-order valence-electron chi connectivity index (χ0n) is 60.2. The van der Waals surface area contributed by atoms with Gasteiger partial charge in [-0.3, -0.25) is 0 Å². The number of hydrogen-bond donors (Lipinski definition) is 0. The fraction of sp³-hybridized carbons (Fsp3) is 0.0280. The molecule has 110 heavy (non-hydrogen) atoms. The normalized spacial score (nSPS) is 14.5. The fourth-order valence-corrected chi connectivity index (χ4v) is 19.4. The van der Waals surface area contributed by atoms with Gasteiger partial charge in [0.2, 0.25) is 0 Å². The Morgan fingerprint density at radius 3 is 0.964 bits per heavy atom. The van der Waals surface area contributed by atoms with Crippen molar-refractivity contribution in [2.75, 3.05) is 0 Å². The highest BCUT2D eigenvalue weighted by atomic mass is 15.0. The standard InChI is InChI=1S/C54H35N.C53H34N2/c1-3-14-35(15-4-1)53-43-21-11-10-20-42(43)47-32-49-48-31-38(26-28-51(48)55(52(49)33-50(47)53)40-17-5-2-6-18-40)37-25-27-45-46(30-37)41-19-9-12-22-44(41)54(45)39-24-23-34-13-7-8-16-36(34)29-39;1-3-15-39(16-4-1)54-49-22-12-11-20-42(49)47-32-52-48(33-51(47)54)46-31-37(26-28-50(46)55(52)40-17-5-2-6-18-40)36-25-27-44-45(30-36)41-19-9-10-21-43(41)53(44)38-24-23-34-13-7-8-14-35(34)29-38/h1-33,53-54H;1-33,53H. The summed E-state index contributed by atoms with van der Waals surface area (Å²) in [6.45, 7) is 0. The van der Waals surface area contributed by atoms with Crippen LogP contribution in [0.25, 0.3) is 160 Å². The van der Waals surface area contributed by atoms with Gasteiger partial charge in [-0.1, -0.05) is 297 Å². The van der Waals surface area contributed by atoms with Crippen molar-refractivity contribution in [3.8, 4) is 72.7 Å². The van der Waals surface area contributed by atoms with Crippen LogP contribution in [0.15, 0.2) is 400 Å². The van der Waals surface area contributed by atoms with Crippen LogP contribution >= 0.6 is 0 Å². The minimum absolute atomic E-state index is 0.197. The van der Waals surface area contributed by atoms with Gasteiger partial charge in [0.1, 0.15) is 0 Å². The van der Waals surface area contributed by atoms with Crippen LogP contribution in [-0.2, 0) is 0 Å². The summed E-state index contributed by atoms with van der Waals surface area (Å²) in [5, 5.41) is 12.7. The van der Waals surface area contributed by atoms with Crippen LogP contribution in [0.3, 0.4) is 0 Å². The Hall–Kier alpha value is -14.1. The second-order valence-electron chi connectivity index (χ2n) is 30.1. The average Bonchev–Trinajstić information content (AvgIpc) is 1.55. The van der Waals surface area contributed by atoms with E-state index in [0.29, 0.717) is 0 Å². The van der Waals surface area contributed by atoms with Crippen molar-refractivity contribution in [1.82, 2.24) is 13.7 Å². The molecule has 3 nitrogen and oxygen atoms in total. The van der Waals surface area contributed by atoms with Crippen LogP contribution in [0.1, 0.15) is 67.8 Å². The van der Waals surface area contributed by atoms with E-state index >= 15 is 0 Å². The maximum absolute atomic E-state index is 2.48. The number of hydrogen-bond acceptors (Lipinski definition) is 0. The molecule has 3 aliphatic rings. The number of rotatable bonds is 8. The molecule has 0 radical (unpaired) electrons. The van der Waals surface area contributed by atoms with Gasteiger partial charge in [0.25, 0.3) is 0 Å². The van der Waals surface area contributed by atoms with Crippen molar-refractivity contribution in [3.63, 3.8) is 0 Å². The summed E-state index contributed by atoms with van der Waals surface area (Å²) in [7, 11) is 0. The second-order valence-corrected chi connectivity index (χ2v) is 30.1. The summed E-state index contributed by atoms with van der Waals surface area (Å²) in [6, 6.07) is 149. The molecule has 3 heteroatoms. The molecule has 0 N–H and O–H groups in total. The Balaban J connectivity index is 0.000000132. The van der Waals surface area contributed by atoms with E-state index in [0.717, 1.165) is 5.69 Å². The molecular weight excluding hydrogens is 1330 g/mol. The molecule has 0 fully saturated rings. The van der Waals surface area contributed by atoms with Gasteiger partial charge < -0.3 is 13.7 Å². The van der Waals surface area contributed by atoms with Crippen LogP contribution in [0, 0.1) is 0 Å². The molecule has 3 heterocycles. The number of nitrogens with zero attached hydrogens (tertiary/aromatic N) is 3. The van der Waals surface area contributed by atoms with Gasteiger partial charge in [0.05, 0.1) is 33.1 Å². The Morgan fingerprint density at radius 1 is 0.155 bits per heavy atom. The molecule has 18 aromatic carbocycles. The van der Waals surface area contributed by atoms with Crippen LogP contribution < -0.4 is 0 Å². The summed E-state index contributed by atoms with van der Waals surface area (Å²) in [6.07, 6.45) is 0. The number of benzene rings is 18. The molecule has 512 valence electrons. The maximum atomic E-state index is 2.48. The molecular formula is C107H69N3. The third kappa shape index (κ3) is 9.64. The van der Waals surface area contributed by atoms with E-state index in [9.17, 15) is 0 Å². The number of fused-ring (bicyclic) bond motifs is 20. The lowest BCUT2D eigenvalue weighted by molar-refractivity contribution is 1.01. The van der Waals surface area contributed by atoms with E-state index < -0.39 is 0 Å². The molecule has 0 aliphatic heterocycles. The van der Waals surface area contributed by atoms with Gasteiger partial charge in [-0.05, 0) is 230 Å². The van der Waals surface area contributed by atoms with Crippen LogP contribution in [0.2, 0.25) is 0 Å². The van der Waals surface area contributed by atoms with Crippen LogP contribution in [0.4, 0.5) is 0 Å². The minimum Gasteiger partial charge on any atom is -0.309 e. The predicted molar refractivity (Wildman–Crippen MR) is 460 cm³/mol. The Bertz CT molecular complexity index is 7340. The lowest BCUT2D eigenvalue weighted by Crippen LogP contribution is -2.00. The van der Waals surface area contributed by atoms with Gasteiger partial charge in [-0.25, -0.2) is 0 Å². The van der Waals surface area contributed by atoms with Gasteiger partial charge in [0.15, 0.2) is 0 Å². The van der Waals surface area contributed by atoms with Crippen molar-refractivity contribution in [2.45, 2.75) is 17.8 Å². The monoisotopic (exact) mass is 1400 g/mol. The van der Waals surface area contributed by atoms with Crippen LogP contribution in [0.5, 0.6) is 0 Å².